The van der Waals surface area contributed by atoms with Gasteiger partial charge in [-0.2, -0.15) is 0 Å². The van der Waals surface area contributed by atoms with E-state index in [4.69, 9.17) is 19.7 Å². The van der Waals surface area contributed by atoms with Gasteiger partial charge in [-0.05, 0) is 11.1 Å². The number of azide groups is 1. The van der Waals surface area contributed by atoms with Crippen molar-refractivity contribution in [2.24, 2.45) is 5.11 Å². The quantitative estimate of drug-likeness (QED) is 0.293. The van der Waals surface area contributed by atoms with Crippen molar-refractivity contribution in [3.63, 3.8) is 0 Å². The number of nitrogens with one attached hydrogen (secondary N) is 1. The number of carbonyl (C=O) groups is 1. The standard InChI is InChI=1S/C14H20N4O4/c15-18-17-7-9-21-11-10-20-8-6-16-14(19)22-12-13-4-2-1-3-5-13/h1-5H,6-12H2,(H,16,19). The van der Waals surface area contributed by atoms with Gasteiger partial charge in [-0.15, -0.1) is 0 Å². The molecule has 0 saturated carbocycles. The predicted molar refractivity (Wildman–Crippen MR) is 80.3 cm³/mol. The summed E-state index contributed by atoms with van der Waals surface area (Å²) in [5, 5.41) is 5.92. The van der Waals surface area contributed by atoms with Gasteiger partial charge in [-0.3, -0.25) is 0 Å². The Kier molecular flexibility index (Phi) is 10.1. The summed E-state index contributed by atoms with van der Waals surface area (Å²) >= 11 is 0. The molecule has 0 aliphatic heterocycles. The molecule has 1 rings (SSSR count). The Bertz CT molecular complexity index is 463. The molecular weight excluding hydrogens is 288 g/mol. The third-order valence-electron chi connectivity index (χ3n) is 2.50. The second kappa shape index (κ2) is 12.5. The minimum atomic E-state index is -0.474. The second-order valence-corrected chi connectivity index (χ2v) is 4.17. The van der Waals surface area contributed by atoms with Crippen molar-refractivity contribution in [3.8, 4) is 0 Å². The van der Waals surface area contributed by atoms with E-state index in [1.165, 1.54) is 0 Å². The minimum absolute atomic E-state index is 0.243. The van der Waals surface area contributed by atoms with Gasteiger partial charge in [0.25, 0.3) is 0 Å². The van der Waals surface area contributed by atoms with E-state index in [1.54, 1.807) is 0 Å². The van der Waals surface area contributed by atoms with E-state index in [0.717, 1.165) is 5.56 Å². The van der Waals surface area contributed by atoms with E-state index >= 15 is 0 Å². The highest BCUT2D eigenvalue weighted by molar-refractivity contribution is 5.67. The van der Waals surface area contributed by atoms with Gasteiger partial charge in [0, 0.05) is 18.0 Å². The van der Waals surface area contributed by atoms with Gasteiger partial charge >= 0.3 is 6.09 Å². The zero-order valence-corrected chi connectivity index (χ0v) is 12.3. The number of hydrogen-bond donors (Lipinski definition) is 1. The summed E-state index contributed by atoms with van der Waals surface area (Å²) in [7, 11) is 0. The third-order valence-corrected chi connectivity index (χ3v) is 2.50. The number of alkyl carbamates (subject to hydrolysis) is 1. The molecular formula is C14H20N4O4. The highest BCUT2D eigenvalue weighted by Crippen LogP contribution is 2.00. The Morgan fingerprint density at radius 1 is 1.14 bits per heavy atom. The van der Waals surface area contributed by atoms with Gasteiger partial charge in [0.2, 0.25) is 0 Å². The molecule has 0 aliphatic carbocycles. The Hall–Kier alpha value is -2.28. The van der Waals surface area contributed by atoms with Gasteiger partial charge in [0.15, 0.2) is 0 Å². The SMILES string of the molecule is [N-]=[N+]=NCCOCCOCCNC(=O)OCc1ccccc1. The smallest absolute Gasteiger partial charge is 0.407 e. The maximum atomic E-state index is 11.4. The van der Waals surface area contributed by atoms with Crippen LogP contribution in [0.5, 0.6) is 0 Å². The highest BCUT2D eigenvalue weighted by atomic mass is 16.5. The Balaban J connectivity index is 1.89. The Morgan fingerprint density at radius 2 is 1.86 bits per heavy atom. The van der Waals surface area contributed by atoms with Gasteiger partial charge in [-0.25, -0.2) is 4.79 Å². The summed E-state index contributed by atoms with van der Waals surface area (Å²) in [5.74, 6) is 0. The summed E-state index contributed by atoms with van der Waals surface area (Å²) in [5.41, 5.74) is 8.98. The Labute approximate surface area is 129 Å². The molecule has 1 N–H and O–H groups in total. The molecule has 0 aliphatic rings. The fourth-order valence-corrected chi connectivity index (χ4v) is 1.47. The number of hydrogen-bond acceptors (Lipinski definition) is 5. The number of nitrogens with zero attached hydrogens (tertiary/aromatic N) is 3. The average Bonchev–Trinajstić information content (AvgIpc) is 2.55. The van der Waals surface area contributed by atoms with Crippen LogP contribution in [0.4, 0.5) is 4.79 Å². The van der Waals surface area contributed by atoms with Gasteiger partial charge in [0.1, 0.15) is 6.61 Å². The number of carbonyl (C=O) groups excluding carboxylic acids is 1. The molecule has 0 saturated heterocycles. The normalized spacial score (nSPS) is 9.82. The lowest BCUT2D eigenvalue weighted by Crippen LogP contribution is -2.28. The molecule has 0 bridgehead atoms. The van der Waals surface area contributed by atoms with Gasteiger partial charge in [0.05, 0.1) is 26.4 Å². The number of amides is 1. The van der Waals surface area contributed by atoms with Crippen LogP contribution in [0.15, 0.2) is 35.4 Å². The molecule has 0 unspecified atom stereocenters. The molecule has 120 valence electrons. The molecule has 1 amide bonds. The van der Waals surface area contributed by atoms with Gasteiger partial charge in [-0.1, -0.05) is 35.4 Å². The van der Waals surface area contributed by atoms with Crippen molar-refractivity contribution >= 4 is 6.09 Å². The van der Waals surface area contributed by atoms with Crippen LogP contribution in [0, 0.1) is 0 Å². The molecule has 0 radical (unpaired) electrons. The number of rotatable bonds is 11. The van der Waals surface area contributed by atoms with Crippen LogP contribution in [-0.4, -0.2) is 45.6 Å². The topological polar surface area (TPSA) is 106 Å². The molecule has 1 aromatic carbocycles. The monoisotopic (exact) mass is 308 g/mol. The summed E-state index contributed by atoms with van der Waals surface area (Å²) in [4.78, 5) is 14.0. The van der Waals surface area contributed by atoms with Crippen LogP contribution >= 0.6 is 0 Å². The van der Waals surface area contributed by atoms with E-state index < -0.39 is 6.09 Å². The van der Waals surface area contributed by atoms with Crippen LogP contribution in [0.2, 0.25) is 0 Å². The van der Waals surface area contributed by atoms with Crippen LogP contribution < -0.4 is 5.32 Å². The third kappa shape index (κ3) is 9.60. The van der Waals surface area contributed by atoms with Crippen molar-refractivity contribution in [1.82, 2.24) is 5.32 Å². The van der Waals surface area contributed by atoms with Crippen molar-refractivity contribution in [2.75, 3.05) is 39.5 Å². The molecule has 8 nitrogen and oxygen atoms in total. The largest absolute Gasteiger partial charge is 0.445 e. The number of benzene rings is 1. The van der Waals surface area contributed by atoms with E-state index in [1.807, 2.05) is 30.3 Å². The molecule has 0 fully saturated rings. The van der Waals surface area contributed by atoms with E-state index in [2.05, 4.69) is 15.3 Å². The predicted octanol–water partition coefficient (Wildman–Crippen LogP) is 2.26. The molecule has 0 atom stereocenters. The maximum absolute atomic E-state index is 11.4. The van der Waals surface area contributed by atoms with E-state index in [0.29, 0.717) is 39.5 Å². The van der Waals surface area contributed by atoms with Crippen LogP contribution in [0.1, 0.15) is 5.56 Å². The first-order chi connectivity index (χ1) is 10.8. The zero-order valence-electron chi connectivity index (χ0n) is 12.3. The fraction of sp³-hybridized carbons (Fsp3) is 0.500. The second-order valence-electron chi connectivity index (χ2n) is 4.17. The summed E-state index contributed by atoms with van der Waals surface area (Å²) < 4.78 is 15.4. The first kappa shape index (κ1) is 17.8. The fourth-order valence-electron chi connectivity index (χ4n) is 1.47. The molecule has 1 aromatic rings. The van der Waals surface area contributed by atoms with E-state index in [-0.39, 0.29) is 6.61 Å². The summed E-state index contributed by atoms with van der Waals surface area (Å²) in [6.45, 7) is 2.50. The minimum Gasteiger partial charge on any atom is -0.445 e. The lowest BCUT2D eigenvalue weighted by atomic mass is 10.2. The zero-order chi connectivity index (χ0) is 15.9. The van der Waals surface area contributed by atoms with Crippen LogP contribution in [0.3, 0.4) is 0 Å². The van der Waals surface area contributed by atoms with Crippen LogP contribution in [0.25, 0.3) is 10.4 Å². The molecule has 0 spiro atoms. The lowest BCUT2D eigenvalue weighted by Gasteiger charge is -2.08. The van der Waals surface area contributed by atoms with E-state index in [9.17, 15) is 4.79 Å². The highest BCUT2D eigenvalue weighted by Gasteiger charge is 2.01. The van der Waals surface area contributed by atoms with Crippen molar-refractivity contribution in [1.29, 1.82) is 0 Å². The average molecular weight is 308 g/mol. The number of ether oxygens (including phenoxy) is 3. The van der Waals surface area contributed by atoms with Crippen molar-refractivity contribution < 1.29 is 19.0 Å². The van der Waals surface area contributed by atoms with Crippen molar-refractivity contribution in [3.05, 3.63) is 46.3 Å². The van der Waals surface area contributed by atoms with Crippen molar-refractivity contribution in [2.45, 2.75) is 6.61 Å². The first-order valence-electron chi connectivity index (χ1n) is 6.94. The maximum Gasteiger partial charge on any atom is 0.407 e. The molecule has 0 heterocycles. The van der Waals surface area contributed by atoms with Crippen LogP contribution in [-0.2, 0) is 20.8 Å². The van der Waals surface area contributed by atoms with Gasteiger partial charge < -0.3 is 19.5 Å². The Morgan fingerprint density at radius 3 is 2.59 bits per heavy atom. The molecule has 0 aromatic heterocycles. The summed E-state index contributed by atoms with van der Waals surface area (Å²) in [6, 6.07) is 9.45. The first-order valence-corrected chi connectivity index (χ1v) is 6.94. The lowest BCUT2D eigenvalue weighted by molar-refractivity contribution is 0.0511. The molecule has 22 heavy (non-hydrogen) atoms. The summed E-state index contributed by atoms with van der Waals surface area (Å²) in [6.07, 6.45) is -0.474. The molecule has 8 heteroatoms.